The SMILES string of the molecule is CCNC(=NCCCOC1CCOCC1)NC1CCC(=O)NC1.I. The van der Waals surface area contributed by atoms with Crippen LogP contribution in [0.4, 0.5) is 0 Å². The minimum absolute atomic E-state index is 0. The van der Waals surface area contributed by atoms with Crippen molar-refractivity contribution in [1.82, 2.24) is 16.0 Å². The number of carbonyl (C=O) groups is 1. The molecule has 0 aromatic rings. The molecule has 0 aromatic heterocycles. The Balaban J connectivity index is 0.00000288. The fourth-order valence-electron chi connectivity index (χ4n) is 2.72. The van der Waals surface area contributed by atoms with Crippen molar-refractivity contribution in [2.75, 3.05) is 39.5 Å². The molecular formula is C16H31IN4O3. The first kappa shape index (κ1) is 21.4. The number of guanidine groups is 1. The maximum absolute atomic E-state index is 11.2. The van der Waals surface area contributed by atoms with Crippen LogP contribution in [0, 0.1) is 0 Å². The first-order valence-corrected chi connectivity index (χ1v) is 8.79. The standard InChI is InChI=1S/C16H30N4O3.HI/c1-2-17-16(20-13-4-5-15(21)19-12-13)18-8-3-9-23-14-6-10-22-11-7-14;/h13-14H,2-12H2,1H3,(H,19,21)(H2,17,18,20);1H. The number of nitrogens with zero attached hydrogens (tertiary/aromatic N) is 1. The van der Waals surface area contributed by atoms with Crippen molar-refractivity contribution >= 4 is 35.8 Å². The van der Waals surface area contributed by atoms with E-state index in [2.05, 4.69) is 20.9 Å². The van der Waals surface area contributed by atoms with Crippen molar-refractivity contribution in [3.63, 3.8) is 0 Å². The number of aliphatic imine (C=N–C) groups is 1. The Morgan fingerprint density at radius 3 is 2.83 bits per heavy atom. The Kier molecular flexibility index (Phi) is 11.4. The van der Waals surface area contributed by atoms with Gasteiger partial charge in [0.25, 0.3) is 0 Å². The summed E-state index contributed by atoms with van der Waals surface area (Å²) < 4.78 is 11.2. The van der Waals surface area contributed by atoms with Crippen LogP contribution in [0.25, 0.3) is 0 Å². The van der Waals surface area contributed by atoms with Crippen molar-refractivity contribution in [2.45, 2.75) is 51.2 Å². The number of nitrogens with one attached hydrogen (secondary N) is 3. The molecule has 2 fully saturated rings. The van der Waals surface area contributed by atoms with Crippen LogP contribution < -0.4 is 16.0 Å². The molecule has 0 spiro atoms. The number of hydrogen-bond acceptors (Lipinski definition) is 4. The lowest BCUT2D eigenvalue weighted by atomic mass is 10.1. The summed E-state index contributed by atoms with van der Waals surface area (Å²) in [5, 5.41) is 9.51. The van der Waals surface area contributed by atoms with E-state index >= 15 is 0 Å². The quantitative estimate of drug-likeness (QED) is 0.232. The van der Waals surface area contributed by atoms with Crippen LogP contribution in [-0.2, 0) is 14.3 Å². The number of halogens is 1. The molecule has 2 saturated heterocycles. The van der Waals surface area contributed by atoms with Crippen LogP contribution in [0.15, 0.2) is 4.99 Å². The van der Waals surface area contributed by atoms with Gasteiger partial charge < -0.3 is 25.4 Å². The van der Waals surface area contributed by atoms with Gasteiger partial charge in [0.1, 0.15) is 0 Å². The summed E-state index contributed by atoms with van der Waals surface area (Å²) in [5.41, 5.74) is 0. The van der Waals surface area contributed by atoms with Gasteiger partial charge in [-0.25, -0.2) is 0 Å². The molecule has 0 aromatic carbocycles. The molecule has 0 bridgehead atoms. The van der Waals surface area contributed by atoms with Crippen molar-refractivity contribution in [2.24, 2.45) is 4.99 Å². The number of carbonyl (C=O) groups excluding carboxylic acids is 1. The topological polar surface area (TPSA) is 84.0 Å². The van der Waals surface area contributed by atoms with E-state index in [0.29, 0.717) is 19.1 Å². The highest BCUT2D eigenvalue weighted by molar-refractivity contribution is 14.0. The fraction of sp³-hybridized carbons (Fsp3) is 0.875. The third-order valence-corrected chi connectivity index (χ3v) is 4.04. The predicted octanol–water partition coefficient (Wildman–Crippen LogP) is 1.02. The number of hydrogen-bond donors (Lipinski definition) is 3. The molecule has 1 amide bonds. The molecule has 2 heterocycles. The molecule has 0 aliphatic carbocycles. The van der Waals surface area contributed by atoms with Crippen molar-refractivity contribution < 1.29 is 14.3 Å². The van der Waals surface area contributed by atoms with Gasteiger partial charge in [0, 0.05) is 51.9 Å². The van der Waals surface area contributed by atoms with Crippen LogP contribution in [0.5, 0.6) is 0 Å². The molecule has 1 unspecified atom stereocenters. The molecule has 24 heavy (non-hydrogen) atoms. The van der Waals surface area contributed by atoms with Gasteiger partial charge in [0.15, 0.2) is 5.96 Å². The maximum atomic E-state index is 11.2. The zero-order valence-electron chi connectivity index (χ0n) is 14.5. The van der Waals surface area contributed by atoms with Gasteiger partial charge in [-0.15, -0.1) is 24.0 Å². The van der Waals surface area contributed by atoms with Crippen molar-refractivity contribution in [3.8, 4) is 0 Å². The van der Waals surface area contributed by atoms with Crippen LogP contribution in [0.1, 0.15) is 39.0 Å². The van der Waals surface area contributed by atoms with E-state index in [-0.39, 0.29) is 35.9 Å². The molecule has 0 saturated carbocycles. The normalized spacial score (nSPS) is 22.5. The molecule has 140 valence electrons. The third-order valence-electron chi connectivity index (χ3n) is 4.04. The highest BCUT2D eigenvalue weighted by Crippen LogP contribution is 2.10. The summed E-state index contributed by atoms with van der Waals surface area (Å²) in [5.74, 6) is 0.954. The minimum Gasteiger partial charge on any atom is -0.381 e. The molecule has 8 heteroatoms. The lowest BCUT2D eigenvalue weighted by Crippen LogP contribution is -2.51. The van der Waals surface area contributed by atoms with Gasteiger partial charge in [-0.2, -0.15) is 0 Å². The van der Waals surface area contributed by atoms with E-state index in [0.717, 1.165) is 64.6 Å². The zero-order chi connectivity index (χ0) is 16.3. The lowest BCUT2D eigenvalue weighted by molar-refractivity contribution is -0.122. The van der Waals surface area contributed by atoms with Gasteiger partial charge >= 0.3 is 0 Å². The second-order valence-corrected chi connectivity index (χ2v) is 5.98. The van der Waals surface area contributed by atoms with Gasteiger partial charge in [-0.1, -0.05) is 0 Å². The van der Waals surface area contributed by atoms with E-state index in [4.69, 9.17) is 9.47 Å². The average Bonchev–Trinajstić information content (AvgIpc) is 2.57. The van der Waals surface area contributed by atoms with Gasteiger partial charge in [0.05, 0.1) is 6.10 Å². The first-order chi connectivity index (χ1) is 11.3. The van der Waals surface area contributed by atoms with E-state index in [9.17, 15) is 4.79 Å². The number of piperidine rings is 1. The average molecular weight is 454 g/mol. The molecule has 0 radical (unpaired) electrons. The highest BCUT2D eigenvalue weighted by Gasteiger charge is 2.18. The summed E-state index contributed by atoms with van der Waals surface area (Å²) in [7, 11) is 0. The Bertz CT molecular complexity index is 380. The molecule has 2 aliphatic heterocycles. The van der Waals surface area contributed by atoms with Crippen LogP contribution in [-0.4, -0.2) is 63.5 Å². The Hall–Kier alpha value is -0.610. The summed E-state index contributed by atoms with van der Waals surface area (Å²) in [6.07, 6.45) is 4.70. The maximum Gasteiger partial charge on any atom is 0.220 e. The summed E-state index contributed by atoms with van der Waals surface area (Å²) in [6.45, 7) is 6.64. The van der Waals surface area contributed by atoms with E-state index in [1.54, 1.807) is 0 Å². The minimum atomic E-state index is 0. The van der Waals surface area contributed by atoms with E-state index in [1.807, 2.05) is 6.92 Å². The van der Waals surface area contributed by atoms with Crippen molar-refractivity contribution in [3.05, 3.63) is 0 Å². The zero-order valence-corrected chi connectivity index (χ0v) is 16.8. The van der Waals surface area contributed by atoms with E-state index in [1.165, 1.54) is 0 Å². The van der Waals surface area contributed by atoms with Crippen LogP contribution in [0.3, 0.4) is 0 Å². The Morgan fingerprint density at radius 2 is 2.17 bits per heavy atom. The largest absolute Gasteiger partial charge is 0.381 e. The molecule has 7 nitrogen and oxygen atoms in total. The first-order valence-electron chi connectivity index (χ1n) is 8.79. The van der Waals surface area contributed by atoms with Crippen LogP contribution in [0.2, 0.25) is 0 Å². The molecule has 1 atom stereocenters. The number of amides is 1. The predicted molar refractivity (Wildman–Crippen MR) is 105 cm³/mol. The number of ether oxygens (including phenoxy) is 2. The van der Waals surface area contributed by atoms with Gasteiger partial charge in [-0.05, 0) is 32.6 Å². The van der Waals surface area contributed by atoms with Gasteiger partial charge in [0.2, 0.25) is 5.91 Å². The van der Waals surface area contributed by atoms with E-state index < -0.39 is 0 Å². The monoisotopic (exact) mass is 454 g/mol. The Morgan fingerprint density at radius 1 is 1.38 bits per heavy atom. The highest BCUT2D eigenvalue weighted by atomic mass is 127. The second-order valence-electron chi connectivity index (χ2n) is 5.98. The van der Waals surface area contributed by atoms with Crippen molar-refractivity contribution in [1.29, 1.82) is 0 Å². The molecular weight excluding hydrogens is 423 g/mol. The third kappa shape index (κ3) is 8.48. The smallest absolute Gasteiger partial charge is 0.220 e. The Labute approximate surface area is 161 Å². The number of rotatable bonds is 7. The molecule has 2 aliphatic rings. The fourth-order valence-corrected chi connectivity index (χ4v) is 2.72. The summed E-state index contributed by atoms with van der Waals surface area (Å²) in [4.78, 5) is 15.8. The second kappa shape index (κ2) is 12.7. The molecule has 2 rings (SSSR count). The lowest BCUT2D eigenvalue weighted by Gasteiger charge is -2.25. The summed E-state index contributed by atoms with van der Waals surface area (Å²) in [6, 6.07) is 0.254. The summed E-state index contributed by atoms with van der Waals surface area (Å²) >= 11 is 0. The van der Waals surface area contributed by atoms with Gasteiger partial charge in [-0.3, -0.25) is 9.79 Å². The van der Waals surface area contributed by atoms with Crippen LogP contribution >= 0.6 is 24.0 Å². The molecule has 3 N–H and O–H groups in total.